The molecule has 0 radical (unpaired) electrons. The lowest BCUT2D eigenvalue weighted by Crippen LogP contribution is -2.66. The lowest BCUT2D eigenvalue weighted by molar-refractivity contribution is -0.00692. The van der Waals surface area contributed by atoms with Crippen molar-refractivity contribution >= 4 is 0 Å². The minimum Gasteiger partial charge on any atom is -0.383 e. The number of hydrogen-bond donors (Lipinski definition) is 1. The van der Waals surface area contributed by atoms with Crippen LogP contribution < -0.4 is 5.32 Å². The molecule has 1 heterocycles. The summed E-state index contributed by atoms with van der Waals surface area (Å²) >= 11 is 0. The van der Waals surface area contributed by atoms with Crippen LogP contribution in [0.4, 0.5) is 0 Å². The van der Waals surface area contributed by atoms with Gasteiger partial charge in [-0.3, -0.25) is 4.90 Å². The summed E-state index contributed by atoms with van der Waals surface area (Å²) in [6.07, 6.45) is 2.40. The Hall–Kier alpha value is -0.120. The zero-order chi connectivity index (χ0) is 13.8. The Bertz CT molecular complexity index is 239. The average Bonchev–Trinajstić information content (AvgIpc) is 2.37. The van der Waals surface area contributed by atoms with Gasteiger partial charge in [-0.15, -0.1) is 0 Å². The standard InChI is InChI=1S/C15H32N2O/c1-7-15(8-2)11-17(13(5)9-16-15)14(10-18-6)12(3)4/h12-14,16H,7-11H2,1-6H3. The molecule has 108 valence electrons. The molecule has 0 saturated carbocycles. The smallest absolute Gasteiger partial charge is 0.0620 e. The molecule has 0 aromatic heterocycles. The summed E-state index contributed by atoms with van der Waals surface area (Å²) in [5, 5.41) is 3.77. The van der Waals surface area contributed by atoms with E-state index < -0.39 is 0 Å². The van der Waals surface area contributed by atoms with E-state index in [1.165, 1.54) is 12.8 Å². The van der Waals surface area contributed by atoms with Crippen molar-refractivity contribution in [1.29, 1.82) is 0 Å². The van der Waals surface area contributed by atoms with E-state index in [4.69, 9.17) is 4.74 Å². The van der Waals surface area contributed by atoms with E-state index in [0.717, 1.165) is 19.7 Å². The second kappa shape index (κ2) is 6.88. The molecule has 0 aliphatic carbocycles. The highest BCUT2D eigenvalue weighted by Gasteiger charge is 2.38. The maximum Gasteiger partial charge on any atom is 0.0620 e. The van der Waals surface area contributed by atoms with Crippen molar-refractivity contribution < 1.29 is 4.74 Å². The van der Waals surface area contributed by atoms with Crippen molar-refractivity contribution in [1.82, 2.24) is 10.2 Å². The Balaban J connectivity index is 2.82. The van der Waals surface area contributed by atoms with Gasteiger partial charge in [-0.05, 0) is 25.7 Å². The maximum absolute atomic E-state index is 5.44. The van der Waals surface area contributed by atoms with Crippen LogP contribution in [0.3, 0.4) is 0 Å². The highest BCUT2D eigenvalue weighted by molar-refractivity contribution is 4.98. The molecule has 3 nitrogen and oxygen atoms in total. The highest BCUT2D eigenvalue weighted by atomic mass is 16.5. The van der Waals surface area contributed by atoms with Crippen LogP contribution in [0, 0.1) is 5.92 Å². The first-order valence-corrected chi connectivity index (χ1v) is 7.49. The topological polar surface area (TPSA) is 24.5 Å². The number of ether oxygens (including phenoxy) is 1. The van der Waals surface area contributed by atoms with Crippen molar-refractivity contribution in [2.24, 2.45) is 5.92 Å². The van der Waals surface area contributed by atoms with Gasteiger partial charge in [0.25, 0.3) is 0 Å². The summed E-state index contributed by atoms with van der Waals surface area (Å²) in [5.74, 6) is 0.636. The summed E-state index contributed by atoms with van der Waals surface area (Å²) in [7, 11) is 1.81. The largest absolute Gasteiger partial charge is 0.383 e. The van der Waals surface area contributed by atoms with Gasteiger partial charge in [0.2, 0.25) is 0 Å². The number of nitrogens with one attached hydrogen (secondary N) is 1. The average molecular weight is 256 g/mol. The van der Waals surface area contributed by atoms with Gasteiger partial charge in [0.05, 0.1) is 6.61 Å². The van der Waals surface area contributed by atoms with Crippen LogP contribution in [0.2, 0.25) is 0 Å². The van der Waals surface area contributed by atoms with E-state index in [-0.39, 0.29) is 0 Å². The van der Waals surface area contributed by atoms with E-state index in [1.807, 2.05) is 7.11 Å². The first-order chi connectivity index (χ1) is 8.49. The second-order valence-electron chi connectivity index (χ2n) is 6.16. The number of nitrogens with zero attached hydrogens (tertiary/aromatic N) is 1. The van der Waals surface area contributed by atoms with E-state index in [2.05, 4.69) is 44.8 Å². The minimum absolute atomic E-state index is 0.299. The van der Waals surface area contributed by atoms with Crippen LogP contribution in [0.15, 0.2) is 0 Å². The van der Waals surface area contributed by atoms with Crippen molar-refractivity contribution in [3.05, 3.63) is 0 Å². The van der Waals surface area contributed by atoms with Crippen LogP contribution in [-0.4, -0.2) is 49.3 Å². The quantitative estimate of drug-likeness (QED) is 0.790. The maximum atomic E-state index is 5.44. The molecule has 0 aromatic rings. The van der Waals surface area contributed by atoms with E-state index in [0.29, 0.717) is 23.5 Å². The third-order valence-electron chi connectivity index (χ3n) is 4.71. The molecule has 2 unspecified atom stereocenters. The van der Waals surface area contributed by atoms with Crippen LogP contribution >= 0.6 is 0 Å². The van der Waals surface area contributed by atoms with Crippen molar-refractivity contribution in [3.63, 3.8) is 0 Å². The van der Waals surface area contributed by atoms with E-state index in [1.54, 1.807) is 0 Å². The molecule has 1 N–H and O–H groups in total. The fourth-order valence-corrected chi connectivity index (χ4v) is 3.05. The summed E-state index contributed by atoms with van der Waals surface area (Å²) in [5.41, 5.74) is 0.299. The molecule has 0 spiro atoms. The normalized spacial score (nSPS) is 26.5. The number of hydrogen-bond acceptors (Lipinski definition) is 3. The molecule has 18 heavy (non-hydrogen) atoms. The minimum atomic E-state index is 0.299. The Labute approximate surface area is 113 Å². The first-order valence-electron chi connectivity index (χ1n) is 7.49. The fraction of sp³-hybridized carbons (Fsp3) is 1.00. The van der Waals surface area contributed by atoms with Crippen LogP contribution in [-0.2, 0) is 4.74 Å². The molecule has 0 aromatic carbocycles. The summed E-state index contributed by atoms with van der Waals surface area (Å²) < 4.78 is 5.44. The van der Waals surface area contributed by atoms with Crippen LogP contribution in [0.5, 0.6) is 0 Å². The molecule has 0 amide bonds. The van der Waals surface area contributed by atoms with Gasteiger partial charge in [0.1, 0.15) is 0 Å². The predicted octanol–water partition coefficient (Wildman–Crippen LogP) is 2.51. The molecule has 2 atom stereocenters. The van der Waals surface area contributed by atoms with Gasteiger partial charge in [0.15, 0.2) is 0 Å². The van der Waals surface area contributed by atoms with Crippen molar-refractivity contribution in [2.75, 3.05) is 26.8 Å². The Morgan fingerprint density at radius 3 is 2.39 bits per heavy atom. The molecule has 1 aliphatic rings. The van der Waals surface area contributed by atoms with Gasteiger partial charge in [-0.25, -0.2) is 0 Å². The molecule has 1 fully saturated rings. The lowest BCUT2D eigenvalue weighted by atomic mass is 9.86. The Morgan fingerprint density at radius 1 is 1.33 bits per heavy atom. The van der Waals surface area contributed by atoms with E-state index in [9.17, 15) is 0 Å². The molecule has 1 rings (SSSR count). The third-order valence-corrected chi connectivity index (χ3v) is 4.71. The SMILES string of the molecule is CCC1(CC)CN(C(COC)C(C)C)C(C)CN1. The van der Waals surface area contributed by atoms with Crippen molar-refractivity contribution in [3.8, 4) is 0 Å². The van der Waals surface area contributed by atoms with Gasteiger partial charge in [-0.2, -0.15) is 0 Å². The first kappa shape index (κ1) is 15.9. The summed E-state index contributed by atoms with van der Waals surface area (Å²) in [4.78, 5) is 2.66. The zero-order valence-corrected chi connectivity index (χ0v) is 13.1. The van der Waals surface area contributed by atoms with Crippen LogP contribution in [0.1, 0.15) is 47.5 Å². The predicted molar refractivity (Wildman–Crippen MR) is 78.0 cm³/mol. The molecule has 1 aliphatic heterocycles. The number of rotatable bonds is 6. The number of methoxy groups -OCH3 is 1. The number of piperazine rings is 1. The Kier molecular flexibility index (Phi) is 6.09. The van der Waals surface area contributed by atoms with Gasteiger partial charge < -0.3 is 10.1 Å². The fourth-order valence-electron chi connectivity index (χ4n) is 3.05. The molecule has 3 heteroatoms. The second-order valence-corrected chi connectivity index (χ2v) is 6.16. The van der Waals surface area contributed by atoms with Gasteiger partial charge in [0, 0.05) is 37.8 Å². The molecular formula is C15H32N2O. The Morgan fingerprint density at radius 2 is 1.94 bits per heavy atom. The van der Waals surface area contributed by atoms with Crippen LogP contribution in [0.25, 0.3) is 0 Å². The summed E-state index contributed by atoms with van der Waals surface area (Å²) in [6.45, 7) is 14.6. The van der Waals surface area contributed by atoms with Gasteiger partial charge in [-0.1, -0.05) is 27.7 Å². The summed E-state index contributed by atoms with van der Waals surface area (Å²) in [6, 6.07) is 1.13. The third kappa shape index (κ3) is 3.46. The molecule has 0 bridgehead atoms. The van der Waals surface area contributed by atoms with Gasteiger partial charge >= 0.3 is 0 Å². The molecule has 1 saturated heterocycles. The van der Waals surface area contributed by atoms with Crippen molar-refractivity contribution in [2.45, 2.75) is 65.1 Å². The highest BCUT2D eigenvalue weighted by Crippen LogP contribution is 2.26. The van der Waals surface area contributed by atoms with E-state index >= 15 is 0 Å². The zero-order valence-electron chi connectivity index (χ0n) is 13.1. The molecular weight excluding hydrogens is 224 g/mol. The monoisotopic (exact) mass is 256 g/mol. The lowest BCUT2D eigenvalue weighted by Gasteiger charge is -2.50.